The normalized spacial score (nSPS) is 31.2. The maximum Gasteiger partial charge on any atom is 0.0453 e. The van der Waals surface area contributed by atoms with Crippen molar-refractivity contribution in [2.24, 2.45) is 17.8 Å². The van der Waals surface area contributed by atoms with Gasteiger partial charge in [-0.2, -0.15) is 0 Å². The first-order valence-electron chi connectivity index (χ1n) is 6.78. The molecule has 2 saturated carbocycles. The standard InChI is InChI=1S/C15H19Cl2N/c1-18-15(12-5-10-4-11(10)6-12)7-9-2-3-13(16)8-14(9)17/h2-3,8,10-12,15,18H,4-7H2,1H3. The van der Waals surface area contributed by atoms with Crippen molar-refractivity contribution in [1.82, 2.24) is 5.32 Å². The van der Waals surface area contributed by atoms with Gasteiger partial charge in [-0.3, -0.25) is 0 Å². The van der Waals surface area contributed by atoms with Gasteiger partial charge >= 0.3 is 0 Å². The highest BCUT2D eigenvalue weighted by Crippen LogP contribution is 2.55. The Balaban J connectivity index is 1.69. The molecule has 1 aromatic rings. The Morgan fingerprint density at radius 2 is 1.94 bits per heavy atom. The fraction of sp³-hybridized carbons (Fsp3) is 0.600. The summed E-state index contributed by atoms with van der Waals surface area (Å²) in [5.41, 5.74) is 1.21. The van der Waals surface area contributed by atoms with Crippen LogP contribution in [0.1, 0.15) is 24.8 Å². The number of benzene rings is 1. The third-order valence-electron chi connectivity index (χ3n) is 4.67. The van der Waals surface area contributed by atoms with Gasteiger partial charge in [-0.15, -0.1) is 0 Å². The molecule has 1 nitrogen and oxygen atoms in total. The Kier molecular flexibility index (Phi) is 3.57. The lowest BCUT2D eigenvalue weighted by atomic mass is 9.90. The molecule has 0 heterocycles. The van der Waals surface area contributed by atoms with Crippen molar-refractivity contribution in [3.05, 3.63) is 33.8 Å². The van der Waals surface area contributed by atoms with Gasteiger partial charge in [0.1, 0.15) is 0 Å². The van der Waals surface area contributed by atoms with Crippen molar-refractivity contribution >= 4 is 23.2 Å². The second-order valence-electron chi connectivity index (χ2n) is 5.82. The lowest BCUT2D eigenvalue weighted by Gasteiger charge is -2.25. The van der Waals surface area contributed by atoms with E-state index < -0.39 is 0 Å². The predicted molar refractivity (Wildman–Crippen MR) is 77.3 cm³/mol. The van der Waals surface area contributed by atoms with Gasteiger partial charge in [0.2, 0.25) is 0 Å². The molecule has 0 saturated heterocycles. The van der Waals surface area contributed by atoms with Crippen molar-refractivity contribution in [3.63, 3.8) is 0 Å². The van der Waals surface area contributed by atoms with E-state index in [1.807, 2.05) is 12.1 Å². The second kappa shape index (κ2) is 5.03. The quantitative estimate of drug-likeness (QED) is 0.875. The number of rotatable bonds is 4. The van der Waals surface area contributed by atoms with E-state index in [4.69, 9.17) is 23.2 Å². The Morgan fingerprint density at radius 3 is 2.56 bits per heavy atom. The average molecular weight is 284 g/mol. The van der Waals surface area contributed by atoms with Crippen LogP contribution < -0.4 is 5.32 Å². The van der Waals surface area contributed by atoms with E-state index >= 15 is 0 Å². The molecule has 3 atom stereocenters. The maximum absolute atomic E-state index is 6.26. The smallest absolute Gasteiger partial charge is 0.0453 e. The Bertz CT molecular complexity index is 436. The van der Waals surface area contributed by atoms with E-state index in [0.29, 0.717) is 11.1 Å². The molecule has 1 aromatic carbocycles. The predicted octanol–water partition coefficient (Wildman–Crippen LogP) is 4.17. The van der Waals surface area contributed by atoms with Crippen molar-refractivity contribution in [3.8, 4) is 0 Å². The number of fused-ring (bicyclic) bond motifs is 1. The third-order valence-corrected chi connectivity index (χ3v) is 5.26. The van der Waals surface area contributed by atoms with Crippen LogP contribution in [0, 0.1) is 17.8 Å². The summed E-state index contributed by atoms with van der Waals surface area (Å²) in [6.45, 7) is 0. The largest absolute Gasteiger partial charge is 0.316 e. The highest BCUT2D eigenvalue weighted by Gasteiger charge is 2.47. The molecular weight excluding hydrogens is 265 g/mol. The molecular formula is C15H19Cl2N. The van der Waals surface area contributed by atoms with Gasteiger partial charge in [0.15, 0.2) is 0 Å². The number of halogens is 2. The maximum atomic E-state index is 6.26. The van der Waals surface area contributed by atoms with Crippen LogP contribution >= 0.6 is 23.2 Å². The minimum Gasteiger partial charge on any atom is -0.316 e. The van der Waals surface area contributed by atoms with E-state index in [9.17, 15) is 0 Å². The van der Waals surface area contributed by atoms with Gasteiger partial charge in [0.05, 0.1) is 0 Å². The van der Waals surface area contributed by atoms with Crippen LogP contribution in [0.4, 0.5) is 0 Å². The molecule has 2 fully saturated rings. The van der Waals surface area contributed by atoms with Gasteiger partial charge in [0, 0.05) is 16.1 Å². The number of likely N-dealkylation sites (N-methyl/N-ethyl adjacent to an activating group) is 1. The molecule has 0 aromatic heterocycles. The Hall–Kier alpha value is -0.240. The van der Waals surface area contributed by atoms with Crippen molar-refractivity contribution in [2.75, 3.05) is 7.05 Å². The van der Waals surface area contributed by atoms with Crippen molar-refractivity contribution in [2.45, 2.75) is 31.7 Å². The summed E-state index contributed by atoms with van der Waals surface area (Å²) in [6.07, 6.45) is 5.30. The van der Waals surface area contributed by atoms with Gasteiger partial charge in [0.25, 0.3) is 0 Å². The van der Waals surface area contributed by atoms with Crippen molar-refractivity contribution in [1.29, 1.82) is 0 Å². The molecule has 0 spiro atoms. The summed E-state index contributed by atoms with van der Waals surface area (Å²) >= 11 is 12.2. The zero-order valence-corrected chi connectivity index (χ0v) is 12.1. The highest BCUT2D eigenvalue weighted by molar-refractivity contribution is 6.35. The molecule has 3 unspecified atom stereocenters. The summed E-state index contributed by atoms with van der Waals surface area (Å²) in [5.74, 6) is 2.89. The minimum atomic E-state index is 0.552. The topological polar surface area (TPSA) is 12.0 Å². The van der Waals surface area contributed by atoms with Crippen LogP contribution in [0.15, 0.2) is 18.2 Å². The summed E-state index contributed by atoms with van der Waals surface area (Å²) in [5, 5.41) is 5.00. The lowest BCUT2D eigenvalue weighted by Crippen LogP contribution is -2.35. The first-order valence-corrected chi connectivity index (χ1v) is 7.54. The van der Waals surface area contributed by atoms with Crippen LogP contribution in [0.25, 0.3) is 0 Å². The van der Waals surface area contributed by atoms with E-state index in [0.717, 1.165) is 29.2 Å². The van der Waals surface area contributed by atoms with E-state index in [1.54, 1.807) is 0 Å². The SMILES string of the molecule is CNC(Cc1ccc(Cl)cc1Cl)C1CC2CC2C1. The molecule has 2 aliphatic rings. The van der Waals surface area contributed by atoms with Crippen LogP contribution in [0.2, 0.25) is 10.0 Å². The second-order valence-corrected chi connectivity index (χ2v) is 6.67. The zero-order chi connectivity index (χ0) is 12.7. The first kappa shape index (κ1) is 12.8. The molecule has 98 valence electrons. The van der Waals surface area contributed by atoms with Gasteiger partial charge in [-0.25, -0.2) is 0 Å². The Morgan fingerprint density at radius 1 is 1.22 bits per heavy atom. The van der Waals surface area contributed by atoms with E-state index in [2.05, 4.69) is 18.4 Å². The first-order chi connectivity index (χ1) is 8.67. The lowest BCUT2D eigenvalue weighted by molar-refractivity contribution is 0.349. The molecule has 2 aliphatic carbocycles. The Labute approximate surface area is 119 Å². The number of hydrogen-bond acceptors (Lipinski definition) is 1. The molecule has 3 heteroatoms. The van der Waals surface area contributed by atoms with Crippen LogP contribution in [-0.2, 0) is 6.42 Å². The van der Waals surface area contributed by atoms with Gasteiger partial charge < -0.3 is 5.32 Å². The average Bonchev–Trinajstić information content (AvgIpc) is 2.95. The third kappa shape index (κ3) is 2.54. The van der Waals surface area contributed by atoms with Crippen LogP contribution in [0.3, 0.4) is 0 Å². The summed E-state index contributed by atoms with van der Waals surface area (Å²) in [6, 6.07) is 6.39. The summed E-state index contributed by atoms with van der Waals surface area (Å²) in [4.78, 5) is 0. The highest BCUT2D eigenvalue weighted by atomic mass is 35.5. The zero-order valence-electron chi connectivity index (χ0n) is 10.6. The molecule has 18 heavy (non-hydrogen) atoms. The molecule has 0 bridgehead atoms. The summed E-state index contributed by atoms with van der Waals surface area (Å²) < 4.78 is 0. The van der Waals surface area contributed by atoms with Crippen LogP contribution in [-0.4, -0.2) is 13.1 Å². The number of hydrogen-bond donors (Lipinski definition) is 1. The monoisotopic (exact) mass is 283 g/mol. The number of nitrogens with one attached hydrogen (secondary N) is 1. The molecule has 0 aliphatic heterocycles. The molecule has 3 rings (SSSR count). The molecule has 1 N–H and O–H groups in total. The van der Waals surface area contributed by atoms with E-state index in [-0.39, 0.29) is 0 Å². The van der Waals surface area contributed by atoms with Gasteiger partial charge in [-0.1, -0.05) is 29.3 Å². The molecule has 0 amide bonds. The fourth-order valence-electron chi connectivity index (χ4n) is 3.52. The van der Waals surface area contributed by atoms with Crippen molar-refractivity contribution < 1.29 is 0 Å². The summed E-state index contributed by atoms with van der Waals surface area (Å²) in [7, 11) is 2.07. The molecule has 0 radical (unpaired) electrons. The fourth-order valence-corrected chi connectivity index (χ4v) is 4.00. The minimum absolute atomic E-state index is 0.552. The van der Waals surface area contributed by atoms with Crippen LogP contribution in [0.5, 0.6) is 0 Å². The van der Waals surface area contributed by atoms with Gasteiger partial charge in [-0.05, 0) is 68.2 Å². The van der Waals surface area contributed by atoms with E-state index in [1.165, 1.54) is 24.8 Å².